The molecular formula is C8H13N3O2. The Balaban J connectivity index is 4.80. The first kappa shape index (κ1) is 11.3. The van der Waals surface area contributed by atoms with Gasteiger partial charge in [0.1, 0.15) is 11.9 Å². The number of hydrogen-bond acceptors (Lipinski definition) is 5. The molecule has 0 spiro atoms. The van der Waals surface area contributed by atoms with Crippen LogP contribution in [0.25, 0.3) is 0 Å². The second-order valence-corrected chi connectivity index (χ2v) is 2.49. The molecule has 2 N–H and O–H groups in total. The molecule has 0 amide bonds. The van der Waals surface area contributed by atoms with Crippen LogP contribution in [0.15, 0.2) is 11.4 Å². The first-order chi connectivity index (χ1) is 6.04. The van der Waals surface area contributed by atoms with E-state index in [0.29, 0.717) is 0 Å². The molecule has 0 aliphatic carbocycles. The lowest BCUT2D eigenvalue weighted by Gasteiger charge is -2.13. The molecule has 0 saturated heterocycles. The fourth-order valence-electron chi connectivity index (χ4n) is 0.634. The molecule has 0 unspecified atom stereocenters. The summed E-state index contributed by atoms with van der Waals surface area (Å²) in [6, 6.07) is 1.71. The summed E-state index contributed by atoms with van der Waals surface area (Å²) in [6.07, 6.45) is 0. The molecule has 0 atom stereocenters. The molecule has 0 saturated carbocycles. The van der Waals surface area contributed by atoms with Crippen LogP contribution in [0.1, 0.15) is 6.92 Å². The third kappa shape index (κ3) is 3.03. The van der Waals surface area contributed by atoms with Crippen LogP contribution in [-0.2, 0) is 9.53 Å². The van der Waals surface area contributed by atoms with E-state index in [1.54, 1.807) is 27.1 Å². The summed E-state index contributed by atoms with van der Waals surface area (Å²) in [5.74, 6) is -0.572. The first-order valence-electron chi connectivity index (χ1n) is 3.78. The molecule has 0 aliphatic rings. The van der Waals surface area contributed by atoms with E-state index in [1.165, 1.54) is 4.90 Å². The zero-order chi connectivity index (χ0) is 10.4. The summed E-state index contributed by atoms with van der Waals surface area (Å²) < 4.78 is 4.64. The van der Waals surface area contributed by atoms with E-state index in [2.05, 4.69) is 4.74 Å². The SMILES string of the molecule is CCOC(=O)/C(C#N)=C(\N)N(C)C. The summed E-state index contributed by atoms with van der Waals surface area (Å²) in [5.41, 5.74) is 5.32. The average Bonchev–Trinajstić information content (AvgIpc) is 2.05. The van der Waals surface area contributed by atoms with Crippen molar-refractivity contribution in [2.24, 2.45) is 5.73 Å². The highest BCUT2D eigenvalue weighted by atomic mass is 16.5. The molecule has 0 bridgehead atoms. The van der Waals surface area contributed by atoms with Crippen molar-refractivity contribution in [3.05, 3.63) is 11.4 Å². The van der Waals surface area contributed by atoms with Gasteiger partial charge in [0.2, 0.25) is 0 Å². The van der Waals surface area contributed by atoms with E-state index in [-0.39, 0.29) is 18.0 Å². The number of hydrogen-bond donors (Lipinski definition) is 1. The maximum absolute atomic E-state index is 11.1. The largest absolute Gasteiger partial charge is 0.462 e. The van der Waals surface area contributed by atoms with E-state index in [0.717, 1.165) is 0 Å². The van der Waals surface area contributed by atoms with Crippen molar-refractivity contribution in [3.63, 3.8) is 0 Å². The van der Waals surface area contributed by atoms with Gasteiger partial charge in [-0.05, 0) is 6.92 Å². The minimum absolute atomic E-state index is 0.112. The fraction of sp³-hybridized carbons (Fsp3) is 0.500. The van der Waals surface area contributed by atoms with Crippen molar-refractivity contribution >= 4 is 5.97 Å². The van der Waals surface area contributed by atoms with Crippen LogP contribution < -0.4 is 5.73 Å². The van der Waals surface area contributed by atoms with Gasteiger partial charge >= 0.3 is 5.97 Å². The van der Waals surface area contributed by atoms with Crippen molar-refractivity contribution in [2.75, 3.05) is 20.7 Å². The van der Waals surface area contributed by atoms with Gasteiger partial charge in [-0.3, -0.25) is 0 Å². The highest BCUT2D eigenvalue weighted by molar-refractivity contribution is 5.93. The third-order valence-electron chi connectivity index (χ3n) is 1.33. The van der Waals surface area contributed by atoms with Gasteiger partial charge in [-0.15, -0.1) is 0 Å². The molecule has 0 radical (unpaired) electrons. The van der Waals surface area contributed by atoms with Crippen LogP contribution in [0.4, 0.5) is 0 Å². The zero-order valence-electron chi connectivity index (χ0n) is 8.00. The maximum Gasteiger partial charge on any atom is 0.352 e. The predicted molar refractivity (Wildman–Crippen MR) is 47.1 cm³/mol. The van der Waals surface area contributed by atoms with Crippen LogP contribution >= 0.6 is 0 Å². The lowest BCUT2D eigenvalue weighted by molar-refractivity contribution is -0.138. The monoisotopic (exact) mass is 183 g/mol. The van der Waals surface area contributed by atoms with Gasteiger partial charge in [0.15, 0.2) is 5.57 Å². The van der Waals surface area contributed by atoms with Crippen LogP contribution in [0.5, 0.6) is 0 Å². The van der Waals surface area contributed by atoms with Gasteiger partial charge in [0, 0.05) is 14.1 Å². The molecule has 13 heavy (non-hydrogen) atoms. The average molecular weight is 183 g/mol. The smallest absolute Gasteiger partial charge is 0.352 e. The Kier molecular flexibility index (Phi) is 4.38. The van der Waals surface area contributed by atoms with E-state index in [9.17, 15) is 4.79 Å². The molecule has 0 heterocycles. The highest BCUT2D eigenvalue weighted by Gasteiger charge is 2.15. The minimum atomic E-state index is -0.684. The van der Waals surface area contributed by atoms with Crippen molar-refractivity contribution in [3.8, 4) is 6.07 Å². The fourth-order valence-corrected chi connectivity index (χ4v) is 0.634. The lowest BCUT2D eigenvalue weighted by atomic mass is 10.3. The second-order valence-electron chi connectivity index (χ2n) is 2.49. The Morgan fingerprint density at radius 3 is 2.46 bits per heavy atom. The van der Waals surface area contributed by atoms with Crippen LogP contribution in [0.3, 0.4) is 0 Å². The van der Waals surface area contributed by atoms with Gasteiger partial charge in [0.05, 0.1) is 6.61 Å². The predicted octanol–water partition coefficient (Wildman–Crippen LogP) is -0.195. The van der Waals surface area contributed by atoms with Crippen LogP contribution in [0, 0.1) is 11.3 Å². The van der Waals surface area contributed by atoms with Crippen LogP contribution in [-0.4, -0.2) is 31.6 Å². The Labute approximate surface area is 77.4 Å². The molecule has 5 nitrogen and oxygen atoms in total. The standard InChI is InChI=1S/C8H13N3O2/c1-4-13-8(12)6(5-9)7(10)11(2)3/h4,10H2,1-3H3/b7-6+. The number of rotatable bonds is 3. The van der Waals surface area contributed by atoms with Gasteiger partial charge in [0.25, 0.3) is 0 Å². The number of carbonyl (C=O) groups excluding carboxylic acids is 1. The zero-order valence-corrected chi connectivity index (χ0v) is 8.00. The number of nitriles is 1. The highest BCUT2D eigenvalue weighted by Crippen LogP contribution is 2.02. The summed E-state index contributed by atoms with van der Waals surface area (Å²) in [5, 5.41) is 8.63. The molecule has 0 aromatic carbocycles. The molecule has 5 heteroatoms. The number of carbonyl (C=O) groups is 1. The van der Waals surface area contributed by atoms with Gasteiger partial charge < -0.3 is 15.4 Å². The molecule has 72 valence electrons. The third-order valence-corrected chi connectivity index (χ3v) is 1.33. The molecule has 0 aromatic rings. The number of ether oxygens (including phenoxy) is 1. The van der Waals surface area contributed by atoms with Crippen molar-refractivity contribution in [2.45, 2.75) is 6.92 Å². The Morgan fingerprint density at radius 1 is 1.62 bits per heavy atom. The first-order valence-corrected chi connectivity index (χ1v) is 3.78. The quantitative estimate of drug-likeness (QED) is 0.372. The van der Waals surface area contributed by atoms with Gasteiger partial charge in [-0.2, -0.15) is 5.26 Å². The van der Waals surface area contributed by atoms with Crippen LogP contribution in [0.2, 0.25) is 0 Å². The van der Waals surface area contributed by atoms with Crippen molar-refractivity contribution < 1.29 is 9.53 Å². The summed E-state index contributed by atoms with van der Waals surface area (Å²) in [4.78, 5) is 12.6. The van der Waals surface area contributed by atoms with E-state index >= 15 is 0 Å². The minimum Gasteiger partial charge on any atom is -0.462 e. The van der Waals surface area contributed by atoms with E-state index in [1.807, 2.05) is 0 Å². The lowest BCUT2D eigenvalue weighted by Crippen LogP contribution is -2.24. The Hall–Kier alpha value is -1.70. The molecule has 0 aliphatic heterocycles. The summed E-state index contributed by atoms with van der Waals surface area (Å²) >= 11 is 0. The van der Waals surface area contributed by atoms with Gasteiger partial charge in [-0.25, -0.2) is 4.79 Å². The van der Waals surface area contributed by atoms with Crippen molar-refractivity contribution in [1.82, 2.24) is 4.90 Å². The molecular weight excluding hydrogens is 170 g/mol. The molecule has 0 fully saturated rings. The number of nitrogens with two attached hydrogens (primary N) is 1. The van der Waals surface area contributed by atoms with Gasteiger partial charge in [-0.1, -0.05) is 0 Å². The van der Waals surface area contributed by atoms with E-state index < -0.39 is 5.97 Å². The normalized spacial score (nSPS) is 11.2. The Bertz CT molecular complexity index is 263. The maximum atomic E-state index is 11.1. The molecule has 0 aromatic heterocycles. The number of esters is 1. The Morgan fingerprint density at radius 2 is 2.15 bits per heavy atom. The molecule has 0 rings (SSSR count). The summed E-state index contributed by atoms with van der Waals surface area (Å²) in [7, 11) is 3.29. The second kappa shape index (κ2) is 5.04. The van der Waals surface area contributed by atoms with E-state index in [4.69, 9.17) is 11.0 Å². The summed E-state index contributed by atoms with van der Waals surface area (Å²) in [6.45, 7) is 1.89. The topological polar surface area (TPSA) is 79.3 Å². The van der Waals surface area contributed by atoms with Crippen molar-refractivity contribution in [1.29, 1.82) is 5.26 Å². The number of nitrogens with zero attached hydrogens (tertiary/aromatic N) is 2.